The van der Waals surface area contributed by atoms with Crippen molar-refractivity contribution in [1.82, 2.24) is 5.32 Å². The minimum Gasteiger partial charge on any atom is -0.384 e. The van der Waals surface area contributed by atoms with E-state index in [1.807, 2.05) is 31.2 Å². The smallest absolute Gasteiger partial charge is 0.103 e. The summed E-state index contributed by atoms with van der Waals surface area (Å²) in [6, 6.07) is 8.91. The topological polar surface area (TPSA) is 32.3 Å². The zero-order chi connectivity index (χ0) is 17.6. The Labute approximate surface area is 151 Å². The molecule has 2 N–H and O–H groups in total. The molecular formula is C23H29NO. The fourth-order valence-electron chi connectivity index (χ4n) is 3.99. The Morgan fingerprint density at radius 2 is 1.88 bits per heavy atom. The van der Waals surface area contributed by atoms with Crippen molar-refractivity contribution in [3.63, 3.8) is 0 Å². The SMILES string of the molecule is C=C\C=C/C(=C\C)/C=C1\C(NC2CCCCC2)c2ccccc2[C@H]1O. The van der Waals surface area contributed by atoms with E-state index in [9.17, 15) is 5.11 Å². The van der Waals surface area contributed by atoms with Crippen LogP contribution in [0.1, 0.15) is 62.3 Å². The van der Waals surface area contributed by atoms with E-state index in [1.54, 1.807) is 6.08 Å². The number of aliphatic hydroxyl groups is 1. The Bertz CT molecular complexity index is 692. The van der Waals surface area contributed by atoms with E-state index in [-0.39, 0.29) is 6.04 Å². The number of nitrogens with one attached hydrogen (secondary N) is 1. The molecule has 25 heavy (non-hydrogen) atoms. The lowest BCUT2D eigenvalue weighted by Crippen LogP contribution is -2.34. The Kier molecular flexibility index (Phi) is 6.06. The molecule has 1 saturated carbocycles. The summed E-state index contributed by atoms with van der Waals surface area (Å²) in [5.74, 6) is 0. The Morgan fingerprint density at radius 3 is 2.56 bits per heavy atom. The van der Waals surface area contributed by atoms with Crippen LogP contribution in [0.5, 0.6) is 0 Å². The van der Waals surface area contributed by atoms with Crippen LogP contribution < -0.4 is 5.32 Å². The van der Waals surface area contributed by atoms with Gasteiger partial charge < -0.3 is 10.4 Å². The molecule has 0 radical (unpaired) electrons. The van der Waals surface area contributed by atoms with Crippen LogP contribution >= 0.6 is 0 Å². The first-order valence-electron chi connectivity index (χ1n) is 9.44. The fraction of sp³-hybridized carbons (Fsp3) is 0.391. The number of rotatable bonds is 5. The van der Waals surface area contributed by atoms with E-state index in [0.29, 0.717) is 6.04 Å². The third-order valence-corrected chi connectivity index (χ3v) is 5.35. The van der Waals surface area contributed by atoms with Crippen molar-refractivity contribution < 1.29 is 5.11 Å². The highest BCUT2D eigenvalue weighted by Crippen LogP contribution is 2.44. The van der Waals surface area contributed by atoms with Gasteiger partial charge in [-0.15, -0.1) is 0 Å². The molecule has 0 saturated heterocycles. The summed E-state index contributed by atoms with van der Waals surface area (Å²) < 4.78 is 0. The van der Waals surface area contributed by atoms with Gasteiger partial charge in [0.05, 0.1) is 6.04 Å². The molecule has 1 aromatic carbocycles. The van der Waals surface area contributed by atoms with Crippen molar-refractivity contribution >= 4 is 0 Å². The van der Waals surface area contributed by atoms with Crippen LogP contribution in [0.2, 0.25) is 0 Å². The van der Waals surface area contributed by atoms with Gasteiger partial charge in [-0.25, -0.2) is 0 Å². The molecule has 2 heteroatoms. The largest absolute Gasteiger partial charge is 0.384 e. The number of hydrogen-bond donors (Lipinski definition) is 2. The summed E-state index contributed by atoms with van der Waals surface area (Å²) in [6.45, 7) is 5.77. The van der Waals surface area contributed by atoms with Gasteiger partial charge in [0.1, 0.15) is 6.10 Å². The molecule has 2 atom stereocenters. The third kappa shape index (κ3) is 4.02. The maximum absolute atomic E-state index is 10.9. The molecule has 0 amide bonds. The molecule has 0 aliphatic heterocycles. The quantitative estimate of drug-likeness (QED) is 0.715. The lowest BCUT2D eigenvalue weighted by Gasteiger charge is -2.28. The van der Waals surface area contributed by atoms with Crippen LogP contribution in [0.15, 0.2) is 72.4 Å². The van der Waals surface area contributed by atoms with E-state index < -0.39 is 6.10 Å². The predicted octanol–water partition coefficient (Wildman–Crippen LogP) is 5.31. The maximum Gasteiger partial charge on any atom is 0.103 e. The summed E-state index contributed by atoms with van der Waals surface area (Å²) in [4.78, 5) is 0. The van der Waals surface area contributed by atoms with Crippen LogP contribution in [0.25, 0.3) is 0 Å². The number of hydrogen-bond acceptors (Lipinski definition) is 2. The highest BCUT2D eigenvalue weighted by Gasteiger charge is 2.35. The average molecular weight is 335 g/mol. The second kappa shape index (κ2) is 8.46. The zero-order valence-electron chi connectivity index (χ0n) is 15.1. The summed E-state index contributed by atoms with van der Waals surface area (Å²) >= 11 is 0. The van der Waals surface area contributed by atoms with E-state index >= 15 is 0 Å². The van der Waals surface area contributed by atoms with Gasteiger partial charge in [-0.05, 0) is 42.0 Å². The van der Waals surface area contributed by atoms with Crippen molar-refractivity contribution in [3.8, 4) is 0 Å². The molecular weight excluding hydrogens is 306 g/mol. The molecule has 132 valence electrons. The predicted molar refractivity (Wildman–Crippen MR) is 105 cm³/mol. The molecule has 1 aromatic rings. The van der Waals surface area contributed by atoms with Gasteiger partial charge in [0.15, 0.2) is 0 Å². The molecule has 3 rings (SSSR count). The van der Waals surface area contributed by atoms with Crippen LogP contribution in [-0.4, -0.2) is 11.1 Å². The first kappa shape index (κ1) is 17.9. The molecule has 0 heterocycles. The summed E-state index contributed by atoms with van der Waals surface area (Å²) in [5.41, 5.74) is 4.39. The first-order chi connectivity index (χ1) is 12.2. The van der Waals surface area contributed by atoms with Crippen molar-refractivity contribution in [2.75, 3.05) is 0 Å². The lowest BCUT2D eigenvalue weighted by molar-refractivity contribution is 0.214. The molecule has 0 aromatic heterocycles. The third-order valence-electron chi connectivity index (χ3n) is 5.35. The van der Waals surface area contributed by atoms with E-state index in [0.717, 1.165) is 16.7 Å². The molecule has 1 fully saturated rings. The van der Waals surface area contributed by atoms with Gasteiger partial charge in [-0.1, -0.05) is 80.5 Å². The van der Waals surface area contributed by atoms with Gasteiger partial charge in [-0.3, -0.25) is 0 Å². The second-order valence-electron chi connectivity index (χ2n) is 6.99. The van der Waals surface area contributed by atoms with Crippen molar-refractivity contribution in [2.45, 2.75) is 57.2 Å². The van der Waals surface area contributed by atoms with Crippen molar-refractivity contribution in [2.24, 2.45) is 0 Å². The first-order valence-corrected chi connectivity index (χ1v) is 9.44. The number of benzene rings is 1. The fourth-order valence-corrected chi connectivity index (χ4v) is 3.99. The Hall–Kier alpha value is -1.90. The Balaban J connectivity index is 1.93. The highest BCUT2D eigenvalue weighted by molar-refractivity contribution is 5.51. The van der Waals surface area contributed by atoms with Gasteiger partial charge >= 0.3 is 0 Å². The second-order valence-corrected chi connectivity index (χ2v) is 6.99. The molecule has 2 aliphatic rings. The van der Waals surface area contributed by atoms with E-state index in [2.05, 4.69) is 36.2 Å². The summed E-state index contributed by atoms with van der Waals surface area (Å²) in [5, 5.41) is 14.8. The van der Waals surface area contributed by atoms with Gasteiger partial charge in [-0.2, -0.15) is 0 Å². The molecule has 1 unspecified atom stereocenters. The van der Waals surface area contributed by atoms with Crippen molar-refractivity contribution in [3.05, 3.63) is 83.5 Å². The standard InChI is InChI=1S/C23H29NO/c1-3-5-11-17(4-2)16-21-22(24-18-12-7-6-8-13-18)19-14-9-10-15-20(19)23(21)25/h3-5,9-11,14-16,18,22-25H,1,6-8,12-13H2,2H3/b11-5-,17-4+,21-16+/t22?,23-/m1/s1. The number of fused-ring (bicyclic) bond motifs is 1. The van der Waals surface area contributed by atoms with Gasteiger partial charge in [0.2, 0.25) is 0 Å². The summed E-state index contributed by atoms with van der Waals surface area (Å²) in [6.07, 6.45) is 15.8. The van der Waals surface area contributed by atoms with Crippen LogP contribution in [0.3, 0.4) is 0 Å². The molecule has 0 bridgehead atoms. The molecule has 2 nitrogen and oxygen atoms in total. The van der Waals surface area contributed by atoms with Crippen molar-refractivity contribution in [1.29, 1.82) is 0 Å². The minimum atomic E-state index is -0.538. The van der Waals surface area contributed by atoms with Crippen LogP contribution in [-0.2, 0) is 0 Å². The van der Waals surface area contributed by atoms with Gasteiger partial charge in [0, 0.05) is 6.04 Å². The highest BCUT2D eigenvalue weighted by atomic mass is 16.3. The van der Waals surface area contributed by atoms with Crippen LogP contribution in [0.4, 0.5) is 0 Å². The Morgan fingerprint density at radius 1 is 1.16 bits per heavy atom. The van der Waals surface area contributed by atoms with E-state index in [4.69, 9.17) is 0 Å². The van der Waals surface area contributed by atoms with Gasteiger partial charge in [0.25, 0.3) is 0 Å². The number of aliphatic hydroxyl groups excluding tert-OH is 1. The normalized spacial score (nSPS) is 26.3. The molecule has 2 aliphatic carbocycles. The average Bonchev–Trinajstić information content (AvgIpc) is 2.92. The molecule has 0 spiro atoms. The van der Waals surface area contributed by atoms with E-state index in [1.165, 1.54) is 37.7 Å². The number of allylic oxidation sites excluding steroid dienone is 6. The zero-order valence-corrected chi connectivity index (χ0v) is 15.1. The maximum atomic E-state index is 10.9. The monoisotopic (exact) mass is 335 g/mol. The van der Waals surface area contributed by atoms with Crippen LogP contribution in [0, 0.1) is 0 Å². The minimum absolute atomic E-state index is 0.0985. The summed E-state index contributed by atoms with van der Waals surface area (Å²) in [7, 11) is 0. The lowest BCUT2D eigenvalue weighted by atomic mass is 9.93.